The van der Waals surface area contributed by atoms with E-state index >= 15 is 0 Å². The number of fused-ring (bicyclic) bond motifs is 1. The molecule has 35 heavy (non-hydrogen) atoms. The number of carbonyl (C=O) groups is 1. The standard InChI is InChI=1S/C31H33NO3/c1-24(2)31(33)35-21-10-6-4-3-5-9-20-34-29-18-16-25(17-19-29)28(23-32)22-27-14-11-13-26-12-7-8-15-30(26)27/h7-8,11-19,22H,1,3-6,9-10,20-21H2,2H3. The number of carbonyl (C=O) groups excluding carboxylic acids is 1. The first-order chi connectivity index (χ1) is 17.1. The average Bonchev–Trinajstić information content (AvgIpc) is 2.88. The molecule has 0 amide bonds. The topological polar surface area (TPSA) is 59.3 Å². The first kappa shape index (κ1) is 25.8. The number of hydrogen-bond donors (Lipinski definition) is 0. The van der Waals surface area contributed by atoms with Crippen molar-refractivity contribution in [2.75, 3.05) is 13.2 Å². The van der Waals surface area contributed by atoms with Crippen LogP contribution in [0, 0.1) is 11.3 Å². The van der Waals surface area contributed by atoms with Crippen LogP contribution in [0.25, 0.3) is 22.4 Å². The SMILES string of the molecule is C=C(C)C(=O)OCCCCCCCCOc1ccc(C(C#N)=Cc2cccc3ccccc23)cc1. The van der Waals surface area contributed by atoms with E-state index in [9.17, 15) is 10.1 Å². The third-order valence-electron chi connectivity index (χ3n) is 5.80. The second-order valence-corrected chi connectivity index (χ2v) is 8.65. The largest absolute Gasteiger partial charge is 0.494 e. The second-order valence-electron chi connectivity index (χ2n) is 8.65. The smallest absolute Gasteiger partial charge is 0.333 e. The highest BCUT2D eigenvalue weighted by Gasteiger charge is 2.05. The minimum Gasteiger partial charge on any atom is -0.494 e. The number of unbranched alkanes of at least 4 members (excludes halogenated alkanes) is 5. The zero-order valence-electron chi connectivity index (χ0n) is 20.5. The molecule has 4 heteroatoms. The molecule has 0 heterocycles. The maximum atomic E-state index is 11.3. The van der Waals surface area contributed by atoms with Gasteiger partial charge in [-0.2, -0.15) is 5.26 Å². The van der Waals surface area contributed by atoms with Crippen molar-refractivity contribution in [3.63, 3.8) is 0 Å². The summed E-state index contributed by atoms with van der Waals surface area (Å²) in [5.74, 6) is 0.510. The average molecular weight is 468 g/mol. The van der Waals surface area contributed by atoms with Crippen LogP contribution in [0.2, 0.25) is 0 Å². The van der Waals surface area contributed by atoms with E-state index in [1.165, 1.54) is 0 Å². The molecule has 3 aromatic rings. The van der Waals surface area contributed by atoms with Crippen molar-refractivity contribution in [1.82, 2.24) is 0 Å². The summed E-state index contributed by atoms with van der Waals surface area (Å²) in [6, 6.07) is 24.4. The molecule has 0 fully saturated rings. The zero-order valence-corrected chi connectivity index (χ0v) is 20.5. The van der Waals surface area contributed by atoms with Crippen molar-refractivity contribution in [3.8, 4) is 11.8 Å². The number of hydrogen-bond acceptors (Lipinski definition) is 4. The Morgan fingerprint density at radius 1 is 0.886 bits per heavy atom. The summed E-state index contributed by atoms with van der Waals surface area (Å²) >= 11 is 0. The summed E-state index contributed by atoms with van der Waals surface area (Å²) in [6.07, 6.45) is 8.26. The lowest BCUT2D eigenvalue weighted by atomic mass is 9.99. The van der Waals surface area contributed by atoms with Crippen molar-refractivity contribution in [2.24, 2.45) is 0 Å². The van der Waals surface area contributed by atoms with Crippen molar-refractivity contribution in [2.45, 2.75) is 45.4 Å². The van der Waals surface area contributed by atoms with Crippen LogP contribution in [0.5, 0.6) is 5.75 Å². The Hall–Kier alpha value is -3.84. The van der Waals surface area contributed by atoms with E-state index in [0.29, 0.717) is 24.4 Å². The maximum Gasteiger partial charge on any atom is 0.333 e. The highest BCUT2D eigenvalue weighted by molar-refractivity contribution is 5.98. The summed E-state index contributed by atoms with van der Waals surface area (Å²) in [7, 11) is 0. The first-order valence-electron chi connectivity index (χ1n) is 12.2. The molecule has 0 radical (unpaired) electrons. The normalized spacial score (nSPS) is 11.1. The van der Waals surface area contributed by atoms with Gasteiger partial charge in [0.2, 0.25) is 0 Å². The fourth-order valence-electron chi connectivity index (χ4n) is 3.83. The Bertz CT molecular complexity index is 1200. The Balaban J connectivity index is 1.40. The summed E-state index contributed by atoms with van der Waals surface area (Å²) in [5, 5.41) is 12.0. The van der Waals surface area contributed by atoms with Gasteiger partial charge in [-0.25, -0.2) is 4.79 Å². The van der Waals surface area contributed by atoms with Gasteiger partial charge in [0.05, 0.1) is 24.9 Å². The van der Waals surface area contributed by atoms with Crippen LogP contribution in [0.15, 0.2) is 78.9 Å². The third kappa shape index (κ3) is 8.15. The summed E-state index contributed by atoms with van der Waals surface area (Å²) in [5.41, 5.74) is 2.99. The Labute approximate surface area is 208 Å². The van der Waals surface area contributed by atoms with Crippen LogP contribution >= 0.6 is 0 Å². The molecule has 0 bridgehead atoms. The number of rotatable bonds is 13. The molecule has 180 valence electrons. The lowest BCUT2D eigenvalue weighted by molar-refractivity contribution is -0.139. The lowest BCUT2D eigenvalue weighted by Gasteiger charge is -2.08. The van der Waals surface area contributed by atoms with E-state index in [0.717, 1.165) is 66.2 Å². The molecule has 0 spiro atoms. The number of nitrogens with zero attached hydrogens (tertiary/aromatic N) is 1. The maximum absolute atomic E-state index is 11.3. The van der Waals surface area contributed by atoms with Gasteiger partial charge in [0.15, 0.2) is 0 Å². The molecule has 0 N–H and O–H groups in total. The fraction of sp³-hybridized carbons (Fsp3) is 0.290. The summed E-state index contributed by atoms with van der Waals surface area (Å²) in [4.78, 5) is 11.3. The van der Waals surface area contributed by atoms with Gasteiger partial charge < -0.3 is 9.47 Å². The van der Waals surface area contributed by atoms with E-state index in [1.807, 2.05) is 54.6 Å². The van der Waals surface area contributed by atoms with Gasteiger partial charge in [0.1, 0.15) is 5.75 Å². The van der Waals surface area contributed by atoms with Gasteiger partial charge in [-0.1, -0.05) is 74.7 Å². The van der Waals surface area contributed by atoms with Crippen LogP contribution in [-0.2, 0) is 9.53 Å². The van der Waals surface area contributed by atoms with Gasteiger partial charge >= 0.3 is 5.97 Å². The molecule has 0 unspecified atom stereocenters. The Kier molecular flexibility index (Phi) is 10.1. The van der Waals surface area contributed by atoms with E-state index < -0.39 is 0 Å². The van der Waals surface area contributed by atoms with Gasteiger partial charge in [-0.05, 0) is 72.0 Å². The van der Waals surface area contributed by atoms with Crippen LogP contribution in [0.3, 0.4) is 0 Å². The van der Waals surface area contributed by atoms with Gasteiger partial charge in [-0.15, -0.1) is 0 Å². The van der Waals surface area contributed by atoms with Gasteiger partial charge in [0, 0.05) is 5.57 Å². The van der Waals surface area contributed by atoms with Gasteiger partial charge in [0.25, 0.3) is 0 Å². The number of ether oxygens (including phenoxy) is 2. The molecule has 0 saturated heterocycles. The molecule has 0 aromatic heterocycles. The summed E-state index contributed by atoms with van der Waals surface area (Å²) in [6.45, 7) is 6.37. The van der Waals surface area contributed by atoms with Gasteiger partial charge in [-0.3, -0.25) is 0 Å². The zero-order chi connectivity index (χ0) is 24.9. The van der Waals surface area contributed by atoms with E-state index in [1.54, 1.807) is 6.92 Å². The molecular formula is C31H33NO3. The molecule has 0 aliphatic heterocycles. The van der Waals surface area contributed by atoms with Crippen molar-refractivity contribution < 1.29 is 14.3 Å². The fourth-order valence-corrected chi connectivity index (χ4v) is 3.83. The number of benzene rings is 3. The van der Waals surface area contributed by atoms with Crippen LogP contribution < -0.4 is 4.74 Å². The highest BCUT2D eigenvalue weighted by Crippen LogP contribution is 2.25. The van der Waals surface area contributed by atoms with Crippen molar-refractivity contribution >= 4 is 28.4 Å². The molecule has 0 aliphatic carbocycles. The number of nitriles is 1. The number of allylic oxidation sites excluding steroid dienone is 1. The van der Waals surface area contributed by atoms with Crippen molar-refractivity contribution in [3.05, 3.63) is 90.0 Å². The first-order valence-corrected chi connectivity index (χ1v) is 12.2. The predicted octanol–water partition coefficient (Wildman–Crippen LogP) is 7.74. The van der Waals surface area contributed by atoms with E-state index in [4.69, 9.17) is 9.47 Å². The monoisotopic (exact) mass is 467 g/mol. The molecule has 0 atom stereocenters. The lowest BCUT2D eigenvalue weighted by Crippen LogP contribution is -2.06. The van der Waals surface area contributed by atoms with E-state index in [-0.39, 0.29) is 5.97 Å². The third-order valence-corrected chi connectivity index (χ3v) is 5.80. The molecular weight excluding hydrogens is 434 g/mol. The Morgan fingerprint density at radius 3 is 2.26 bits per heavy atom. The summed E-state index contributed by atoms with van der Waals surface area (Å²) < 4.78 is 11.0. The molecule has 4 nitrogen and oxygen atoms in total. The molecule has 0 saturated carbocycles. The van der Waals surface area contributed by atoms with Crippen LogP contribution in [0.1, 0.15) is 56.6 Å². The second kappa shape index (κ2) is 13.8. The predicted molar refractivity (Wildman–Crippen MR) is 143 cm³/mol. The quantitative estimate of drug-likeness (QED) is 0.0848. The van der Waals surface area contributed by atoms with Crippen LogP contribution in [-0.4, -0.2) is 19.2 Å². The van der Waals surface area contributed by atoms with E-state index in [2.05, 4.69) is 30.8 Å². The minimum absolute atomic E-state index is 0.306. The molecule has 3 aromatic carbocycles. The Morgan fingerprint density at radius 2 is 1.54 bits per heavy atom. The number of esters is 1. The van der Waals surface area contributed by atoms with Crippen LogP contribution in [0.4, 0.5) is 0 Å². The van der Waals surface area contributed by atoms with Crippen molar-refractivity contribution in [1.29, 1.82) is 5.26 Å². The molecule has 3 rings (SSSR count). The highest BCUT2D eigenvalue weighted by atomic mass is 16.5. The minimum atomic E-state index is -0.306. The molecule has 0 aliphatic rings.